The summed E-state index contributed by atoms with van der Waals surface area (Å²) in [5, 5.41) is 3.86. The summed E-state index contributed by atoms with van der Waals surface area (Å²) in [6.45, 7) is 0. The van der Waals surface area contributed by atoms with E-state index in [4.69, 9.17) is 18.9 Å². The molecule has 5 heteroatoms. The highest BCUT2D eigenvalue weighted by Crippen LogP contribution is 2.40. The van der Waals surface area contributed by atoms with Gasteiger partial charge in [-0.15, -0.1) is 0 Å². The molecule has 5 nitrogen and oxygen atoms in total. The summed E-state index contributed by atoms with van der Waals surface area (Å²) in [7, 11) is 6.68. The lowest BCUT2D eigenvalue weighted by atomic mass is 9.84. The Balaban J connectivity index is 1.73. The molecule has 0 aliphatic carbocycles. The predicted octanol–water partition coefficient (Wildman–Crippen LogP) is 4.89. The maximum absolute atomic E-state index is 5.59. The van der Waals surface area contributed by atoms with Gasteiger partial charge in [0.1, 0.15) is 0 Å². The average molecular weight is 420 g/mol. The summed E-state index contributed by atoms with van der Waals surface area (Å²) in [6, 6.07) is 21.2. The monoisotopic (exact) mass is 419 g/mol. The number of benzene rings is 3. The molecule has 3 aromatic rings. The second-order valence-electron chi connectivity index (χ2n) is 7.69. The van der Waals surface area contributed by atoms with Crippen LogP contribution in [0.15, 0.2) is 60.7 Å². The molecule has 0 radical (unpaired) electrons. The van der Waals surface area contributed by atoms with Crippen molar-refractivity contribution >= 4 is 0 Å². The molecule has 1 N–H and O–H groups in total. The van der Waals surface area contributed by atoms with Crippen LogP contribution in [0, 0.1) is 0 Å². The van der Waals surface area contributed by atoms with Crippen LogP contribution < -0.4 is 24.3 Å². The van der Waals surface area contributed by atoms with Gasteiger partial charge in [0.05, 0.1) is 28.4 Å². The van der Waals surface area contributed by atoms with Crippen molar-refractivity contribution in [3.8, 4) is 23.0 Å². The van der Waals surface area contributed by atoms with Crippen LogP contribution in [0.25, 0.3) is 0 Å². The molecule has 2 atom stereocenters. The number of hydrogen-bond acceptors (Lipinski definition) is 5. The van der Waals surface area contributed by atoms with Crippen molar-refractivity contribution in [1.29, 1.82) is 0 Å². The summed E-state index contributed by atoms with van der Waals surface area (Å²) in [6.07, 6.45) is 1.70. The van der Waals surface area contributed by atoms with Crippen LogP contribution in [0.5, 0.6) is 23.0 Å². The molecule has 1 heterocycles. The van der Waals surface area contributed by atoms with Crippen molar-refractivity contribution in [3.05, 3.63) is 82.9 Å². The molecule has 0 spiro atoms. The Labute approximate surface area is 183 Å². The highest BCUT2D eigenvalue weighted by atomic mass is 16.5. The van der Waals surface area contributed by atoms with Crippen LogP contribution >= 0.6 is 0 Å². The fourth-order valence-corrected chi connectivity index (χ4v) is 4.36. The first-order valence-electron chi connectivity index (χ1n) is 10.4. The molecule has 1 aliphatic heterocycles. The van der Waals surface area contributed by atoms with Crippen LogP contribution in [0.1, 0.15) is 34.3 Å². The van der Waals surface area contributed by atoms with Gasteiger partial charge in [0.25, 0.3) is 0 Å². The van der Waals surface area contributed by atoms with Crippen molar-refractivity contribution in [2.75, 3.05) is 28.4 Å². The third-order valence-corrected chi connectivity index (χ3v) is 5.94. The molecule has 4 rings (SSSR count). The van der Waals surface area contributed by atoms with Gasteiger partial charge in [-0.25, -0.2) is 0 Å². The Hall–Kier alpha value is -3.18. The van der Waals surface area contributed by atoms with Crippen LogP contribution in [0.4, 0.5) is 0 Å². The highest BCUT2D eigenvalue weighted by molar-refractivity contribution is 5.51. The zero-order valence-electron chi connectivity index (χ0n) is 18.5. The summed E-state index contributed by atoms with van der Waals surface area (Å²) >= 11 is 0. The molecule has 1 aliphatic rings. The summed E-state index contributed by atoms with van der Waals surface area (Å²) in [4.78, 5) is 0. The zero-order chi connectivity index (χ0) is 21.8. The minimum atomic E-state index is 0.117. The third-order valence-electron chi connectivity index (χ3n) is 5.94. The number of rotatable bonds is 7. The van der Waals surface area contributed by atoms with Crippen LogP contribution in [0.2, 0.25) is 0 Å². The molecule has 0 fully saturated rings. The van der Waals surface area contributed by atoms with E-state index in [2.05, 4.69) is 53.8 Å². The Morgan fingerprint density at radius 1 is 0.742 bits per heavy atom. The maximum atomic E-state index is 5.59. The van der Waals surface area contributed by atoms with E-state index in [-0.39, 0.29) is 12.1 Å². The van der Waals surface area contributed by atoms with E-state index in [1.807, 2.05) is 12.1 Å². The van der Waals surface area contributed by atoms with Gasteiger partial charge < -0.3 is 24.3 Å². The topological polar surface area (TPSA) is 49.0 Å². The van der Waals surface area contributed by atoms with E-state index < -0.39 is 0 Å². The number of methoxy groups -OCH3 is 4. The number of ether oxygens (including phenoxy) is 4. The summed E-state index contributed by atoms with van der Waals surface area (Å²) in [5.41, 5.74) is 4.96. The molecule has 31 heavy (non-hydrogen) atoms. The molecule has 0 aromatic heterocycles. The first-order chi connectivity index (χ1) is 15.2. The highest BCUT2D eigenvalue weighted by Gasteiger charge is 2.29. The molecule has 0 amide bonds. The predicted molar refractivity (Wildman–Crippen MR) is 122 cm³/mol. The normalized spacial score (nSPS) is 17.5. The smallest absolute Gasteiger partial charge is 0.161 e. The molecule has 0 bridgehead atoms. The first-order valence-corrected chi connectivity index (χ1v) is 10.4. The Morgan fingerprint density at radius 3 is 2.06 bits per heavy atom. The van der Waals surface area contributed by atoms with Gasteiger partial charge in [-0.05, 0) is 59.4 Å². The van der Waals surface area contributed by atoms with Gasteiger partial charge in [-0.3, -0.25) is 0 Å². The van der Waals surface area contributed by atoms with Crippen LogP contribution in [-0.2, 0) is 12.8 Å². The van der Waals surface area contributed by atoms with E-state index in [0.29, 0.717) is 0 Å². The largest absolute Gasteiger partial charge is 0.493 e. The average Bonchev–Trinajstić information content (AvgIpc) is 2.83. The summed E-state index contributed by atoms with van der Waals surface area (Å²) < 4.78 is 22.1. The quantitative estimate of drug-likeness (QED) is 0.591. The lowest BCUT2D eigenvalue weighted by molar-refractivity contribution is 0.347. The van der Waals surface area contributed by atoms with Crippen molar-refractivity contribution in [1.82, 2.24) is 5.32 Å². The first kappa shape index (κ1) is 21.1. The molecule has 0 saturated heterocycles. The molecule has 162 valence electrons. The third kappa shape index (κ3) is 4.32. The lowest BCUT2D eigenvalue weighted by Gasteiger charge is -2.34. The minimum Gasteiger partial charge on any atom is -0.493 e. The van der Waals surface area contributed by atoms with E-state index in [1.54, 1.807) is 28.4 Å². The van der Waals surface area contributed by atoms with Crippen molar-refractivity contribution < 1.29 is 18.9 Å². The van der Waals surface area contributed by atoms with Crippen molar-refractivity contribution in [2.45, 2.75) is 24.9 Å². The van der Waals surface area contributed by atoms with Crippen molar-refractivity contribution in [2.24, 2.45) is 0 Å². The lowest BCUT2D eigenvalue weighted by Crippen LogP contribution is -2.34. The van der Waals surface area contributed by atoms with Gasteiger partial charge in [0.2, 0.25) is 0 Å². The van der Waals surface area contributed by atoms with E-state index >= 15 is 0 Å². The maximum Gasteiger partial charge on any atom is 0.161 e. The van der Waals surface area contributed by atoms with E-state index in [0.717, 1.165) is 35.8 Å². The second kappa shape index (κ2) is 9.31. The van der Waals surface area contributed by atoms with Crippen LogP contribution in [0.3, 0.4) is 0 Å². The Bertz CT molecular complexity index is 1040. The van der Waals surface area contributed by atoms with Crippen molar-refractivity contribution in [3.63, 3.8) is 0 Å². The number of hydrogen-bond donors (Lipinski definition) is 1. The van der Waals surface area contributed by atoms with Gasteiger partial charge in [-0.2, -0.15) is 0 Å². The molecule has 3 aromatic carbocycles. The van der Waals surface area contributed by atoms with Gasteiger partial charge >= 0.3 is 0 Å². The minimum absolute atomic E-state index is 0.117. The molecular weight excluding hydrogens is 390 g/mol. The number of nitrogens with one attached hydrogen (secondary N) is 1. The fourth-order valence-electron chi connectivity index (χ4n) is 4.36. The zero-order valence-corrected chi connectivity index (χ0v) is 18.5. The standard InChI is InChI=1S/C26H29NO4/c1-28-23-11-10-17(13-24(23)29-2)12-22-20-16-26(31-4)25(30-3)15-19(20)14-21(27-22)18-8-6-5-7-9-18/h5-11,13,15-16,21-22,27H,12,14H2,1-4H3/t21-,22-/m0/s1. The molecule has 0 unspecified atom stereocenters. The fraction of sp³-hybridized carbons (Fsp3) is 0.308. The Kier molecular flexibility index (Phi) is 6.33. The molecular formula is C26H29NO4. The van der Waals surface area contributed by atoms with Crippen LogP contribution in [-0.4, -0.2) is 28.4 Å². The van der Waals surface area contributed by atoms with Gasteiger partial charge in [-0.1, -0.05) is 36.4 Å². The SMILES string of the molecule is COc1ccc(C[C@@H]2N[C@H](c3ccccc3)Cc3cc(OC)c(OC)cc32)cc1OC. The number of fused-ring (bicyclic) bond motifs is 1. The Morgan fingerprint density at radius 2 is 1.39 bits per heavy atom. The molecule has 0 saturated carbocycles. The van der Waals surface area contributed by atoms with E-state index in [9.17, 15) is 0 Å². The van der Waals surface area contributed by atoms with Gasteiger partial charge in [0, 0.05) is 12.1 Å². The second-order valence-corrected chi connectivity index (χ2v) is 7.69. The van der Waals surface area contributed by atoms with E-state index in [1.165, 1.54) is 22.3 Å². The summed E-state index contributed by atoms with van der Waals surface area (Å²) in [5.74, 6) is 2.98. The van der Waals surface area contributed by atoms with Gasteiger partial charge in [0.15, 0.2) is 23.0 Å².